The minimum Gasteiger partial charge on any atom is -0.497 e. The summed E-state index contributed by atoms with van der Waals surface area (Å²) in [5.74, 6) is 2.40. The van der Waals surface area contributed by atoms with Crippen molar-refractivity contribution in [1.82, 2.24) is 10.2 Å². The first kappa shape index (κ1) is 20.4. The molecule has 0 radical (unpaired) electrons. The number of nitrogens with zero attached hydrogens (tertiary/aromatic N) is 3. The van der Waals surface area contributed by atoms with Crippen LogP contribution in [0.2, 0.25) is 0 Å². The van der Waals surface area contributed by atoms with Crippen LogP contribution in [0.25, 0.3) is 0 Å². The van der Waals surface area contributed by atoms with Gasteiger partial charge in [-0.1, -0.05) is 12.1 Å². The molecule has 1 N–H and O–H groups in total. The van der Waals surface area contributed by atoms with Crippen LogP contribution < -0.4 is 19.7 Å². The normalized spacial score (nSPS) is 11.1. The monoisotopic (exact) mass is 370 g/mol. The topological polar surface area (TPSA) is 49.3 Å². The standard InChI is InChI=1S/C21H30N4O2/c1-22-21(23-14-16-8-7-9-18(12-16)24(2)3)25(4)15-17-10-11-19(26-5)13-20(17)27-6/h7-13H,14-15H2,1-6H3,(H,22,23). The Morgan fingerprint density at radius 3 is 2.44 bits per heavy atom. The molecule has 2 rings (SSSR count). The number of benzene rings is 2. The van der Waals surface area contributed by atoms with Gasteiger partial charge in [0.1, 0.15) is 11.5 Å². The molecule has 0 saturated carbocycles. The molecule has 0 saturated heterocycles. The molecule has 27 heavy (non-hydrogen) atoms. The average molecular weight is 370 g/mol. The van der Waals surface area contributed by atoms with Crippen molar-refractivity contribution in [1.29, 1.82) is 0 Å². The summed E-state index contributed by atoms with van der Waals surface area (Å²) < 4.78 is 10.8. The second-order valence-corrected chi connectivity index (χ2v) is 6.50. The molecule has 0 aliphatic heterocycles. The molecule has 0 aromatic heterocycles. The molecule has 0 atom stereocenters. The van der Waals surface area contributed by atoms with Crippen LogP contribution in [0, 0.1) is 0 Å². The summed E-state index contributed by atoms with van der Waals surface area (Å²) in [4.78, 5) is 8.57. The van der Waals surface area contributed by atoms with Crippen molar-refractivity contribution in [2.24, 2.45) is 4.99 Å². The molecule has 0 aliphatic rings. The van der Waals surface area contributed by atoms with Gasteiger partial charge in [-0.2, -0.15) is 0 Å². The fraction of sp³-hybridized carbons (Fsp3) is 0.381. The average Bonchev–Trinajstić information content (AvgIpc) is 2.68. The maximum atomic E-state index is 5.50. The maximum absolute atomic E-state index is 5.50. The van der Waals surface area contributed by atoms with Crippen LogP contribution in [0.3, 0.4) is 0 Å². The van der Waals surface area contributed by atoms with Gasteiger partial charge in [0.05, 0.1) is 14.2 Å². The molecule has 0 unspecified atom stereocenters. The molecule has 146 valence electrons. The zero-order chi connectivity index (χ0) is 19.8. The van der Waals surface area contributed by atoms with E-state index in [9.17, 15) is 0 Å². The summed E-state index contributed by atoms with van der Waals surface area (Å²) in [5, 5.41) is 3.42. The quantitative estimate of drug-likeness (QED) is 0.600. The van der Waals surface area contributed by atoms with E-state index in [-0.39, 0.29) is 0 Å². The third-order valence-electron chi connectivity index (χ3n) is 4.35. The lowest BCUT2D eigenvalue weighted by molar-refractivity contribution is 0.382. The summed E-state index contributed by atoms with van der Waals surface area (Å²) in [5.41, 5.74) is 3.46. The SMILES string of the molecule is CN=C(NCc1cccc(N(C)C)c1)N(C)Cc1ccc(OC)cc1OC. The van der Waals surface area contributed by atoms with Gasteiger partial charge in [-0.3, -0.25) is 4.99 Å². The van der Waals surface area contributed by atoms with Crippen LogP contribution in [-0.2, 0) is 13.1 Å². The number of methoxy groups -OCH3 is 2. The molecular formula is C21H30N4O2. The molecule has 6 heteroatoms. The summed E-state index contributed by atoms with van der Waals surface area (Å²) in [6.07, 6.45) is 0. The maximum Gasteiger partial charge on any atom is 0.193 e. The van der Waals surface area contributed by atoms with E-state index in [0.717, 1.165) is 23.0 Å². The molecule has 0 aliphatic carbocycles. The van der Waals surface area contributed by atoms with Gasteiger partial charge < -0.3 is 24.6 Å². The number of hydrogen-bond donors (Lipinski definition) is 1. The number of rotatable bonds is 7. The lowest BCUT2D eigenvalue weighted by Crippen LogP contribution is -2.38. The van der Waals surface area contributed by atoms with Crippen molar-refractivity contribution in [2.75, 3.05) is 47.3 Å². The van der Waals surface area contributed by atoms with Gasteiger partial charge >= 0.3 is 0 Å². The van der Waals surface area contributed by atoms with E-state index in [1.54, 1.807) is 21.3 Å². The van der Waals surface area contributed by atoms with Crippen molar-refractivity contribution in [3.8, 4) is 11.5 Å². The highest BCUT2D eigenvalue weighted by atomic mass is 16.5. The number of ether oxygens (including phenoxy) is 2. The zero-order valence-electron chi connectivity index (χ0n) is 17.1. The summed E-state index contributed by atoms with van der Waals surface area (Å²) >= 11 is 0. The van der Waals surface area contributed by atoms with Crippen LogP contribution in [-0.4, -0.2) is 53.3 Å². The van der Waals surface area contributed by atoms with Gasteiger partial charge in [0.2, 0.25) is 0 Å². The molecule has 0 spiro atoms. The molecule has 0 bridgehead atoms. The largest absolute Gasteiger partial charge is 0.497 e. The van der Waals surface area contributed by atoms with Crippen molar-refractivity contribution < 1.29 is 9.47 Å². The Bertz CT molecular complexity index is 775. The molecule has 0 heterocycles. The Hall–Kier alpha value is -2.89. The molecular weight excluding hydrogens is 340 g/mol. The van der Waals surface area contributed by atoms with Crippen molar-refractivity contribution in [2.45, 2.75) is 13.1 Å². The van der Waals surface area contributed by atoms with E-state index in [2.05, 4.69) is 44.4 Å². The Balaban J connectivity index is 2.04. The summed E-state index contributed by atoms with van der Waals surface area (Å²) in [7, 11) is 11.2. The lowest BCUT2D eigenvalue weighted by atomic mass is 10.1. The molecule has 2 aromatic rings. The second kappa shape index (κ2) is 9.71. The smallest absolute Gasteiger partial charge is 0.193 e. The van der Waals surface area contributed by atoms with Gasteiger partial charge in [0, 0.05) is 58.6 Å². The number of nitrogens with one attached hydrogen (secondary N) is 1. The van der Waals surface area contributed by atoms with E-state index in [1.807, 2.05) is 39.3 Å². The van der Waals surface area contributed by atoms with Gasteiger partial charge in [0.25, 0.3) is 0 Å². The first-order valence-electron chi connectivity index (χ1n) is 8.87. The highest BCUT2D eigenvalue weighted by Crippen LogP contribution is 2.25. The van der Waals surface area contributed by atoms with E-state index in [0.29, 0.717) is 13.1 Å². The predicted octanol–water partition coefficient (Wildman–Crippen LogP) is 2.98. The van der Waals surface area contributed by atoms with Gasteiger partial charge in [-0.05, 0) is 29.8 Å². The van der Waals surface area contributed by atoms with Crippen LogP contribution in [0.5, 0.6) is 11.5 Å². The number of guanidine groups is 1. The van der Waals surface area contributed by atoms with Gasteiger partial charge in [0.15, 0.2) is 5.96 Å². The summed E-state index contributed by atoms with van der Waals surface area (Å²) in [6.45, 7) is 1.38. The number of aliphatic imine (C=N–C) groups is 1. The Morgan fingerprint density at radius 2 is 1.81 bits per heavy atom. The first-order valence-corrected chi connectivity index (χ1v) is 8.87. The van der Waals surface area contributed by atoms with Crippen LogP contribution in [0.4, 0.5) is 5.69 Å². The van der Waals surface area contributed by atoms with Crippen LogP contribution >= 0.6 is 0 Å². The van der Waals surface area contributed by atoms with E-state index < -0.39 is 0 Å². The highest BCUT2D eigenvalue weighted by Gasteiger charge is 2.11. The number of hydrogen-bond acceptors (Lipinski definition) is 4. The van der Waals surface area contributed by atoms with E-state index in [1.165, 1.54) is 11.3 Å². The van der Waals surface area contributed by atoms with Crippen LogP contribution in [0.1, 0.15) is 11.1 Å². The lowest BCUT2D eigenvalue weighted by Gasteiger charge is -2.23. The van der Waals surface area contributed by atoms with Crippen LogP contribution in [0.15, 0.2) is 47.5 Å². The fourth-order valence-electron chi connectivity index (χ4n) is 2.82. The molecule has 2 aromatic carbocycles. The van der Waals surface area contributed by atoms with E-state index >= 15 is 0 Å². The summed E-state index contributed by atoms with van der Waals surface area (Å²) in [6, 6.07) is 14.3. The Labute approximate surface area is 162 Å². The minimum absolute atomic E-state index is 0.671. The van der Waals surface area contributed by atoms with Gasteiger partial charge in [-0.25, -0.2) is 0 Å². The van der Waals surface area contributed by atoms with Crippen molar-refractivity contribution >= 4 is 11.6 Å². The zero-order valence-corrected chi connectivity index (χ0v) is 17.1. The van der Waals surface area contributed by atoms with Gasteiger partial charge in [-0.15, -0.1) is 0 Å². The predicted molar refractivity (Wildman–Crippen MR) is 112 cm³/mol. The third-order valence-corrected chi connectivity index (χ3v) is 4.35. The highest BCUT2D eigenvalue weighted by molar-refractivity contribution is 5.79. The number of anilines is 1. The molecule has 6 nitrogen and oxygen atoms in total. The third kappa shape index (κ3) is 5.54. The minimum atomic E-state index is 0.671. The second-order valence-electron chi connectivity index (χ2n) is 6.50. The van der Waals surface area contributed by atoms with Crippen molar-refractivity contribution in [3.63, 3.8) is 0 Å². The first-order chi connectivity index (χ1) is 13.0. The molecule has 0 fully saturated rings. The van der Waals surface area contributed by atoms with Crippen molar-refractivity contribution in [3.05, 3.63) is 53.6 Å². The Morgan fingerprint density at radius 1 is 1.04 bits per heavy atom. The fourth-order valence-corrected chi connectivity index (χ4v) is 2.82. The molecule has 0 amide bonds. The Kier molecular flexibility index (Phi) is 7.34. The van der Waals surface area contributed by atoms with E-state index in [4.69, 9.17) is 9.47 Å².